The molecule has 0 bridgehead atoms. The van der Waals surface area contributed by atoms with Crippen LogP contribution in [0.25, 0.3) is 0 Å². The van der Waals surface area contributed by atoms with Crippen LogP contribution in [-0.2, 0) is 9.53 Å². The van der Waals surface area contributed by atoms with E-state index in [9.17, 15) is 9.59 Å². The van der Waals surface area contributed by atoms with Crippen LogP contribution in [0.5, 0.6) is 0 Å². The highest BCUT2D eigenvalue weighted by Gasteiger charge is 2.29. The second-order valence-electron chi connectivity index (χ2n) is 6.07. The number of ether oxygens (including phenoxy) is 1. The third kappa shape index (κ3) is 4.95. The fraction of sp³-hybridized carbons (Fsp3) is 0.500. The summed E-state index contributed by atoms with van der Waals surface area (Å²) in [5.74, 6) is -0.299. The quantitative estimate of drug-likeness (QED) is 0.835. The first-order valence-corrected chi connectivity index (χ1v) is 7.19. The molecule has 0 spiro atoms. The van der Waals surface area contributed by atoms with Gasteiger partial charge in [-0.25, -0.2) is 4.79 Å². The van der Waals surface area contributed by atoms with Gasteiger partial charge in [-0.15, -0.1) is 0 Å². The number of nitrogens with one attached hydrogen (secondary N) is 2. The van der Waals surface area contributed by atoms with Crippen LogP contribution in [0.1, 0.15) is 27.7 Å². The summed E-state index contributed by atoms with van der Waals surface area (Å²) in [6.45, 7) is 11.3. The van der Waals surface area contributed by atoms with E-state index < -0.39 is 17.7 Å². The van der Waals surface area contributed by atoms with E-state index in [2.05, 4.69) is 17.2 Å². The number of nitrogens with zero attached hydrogens (tertiary/aromatic N) is 1. The summed E-state index contributed by atoms with van der Waals surface area (Å²) in [5.41, 5.74) is 0.830. The summed E-state index contributed by atoms with van der Waals surface area (Å²) < 4.78 is 5.20. The number of carbonyl (C=O) groups excluding carboxylic acids is 2. The summed E-state index contributed by atoms with van der Waals surface area (Å²) in [7, 11) is 1.85. The van der Waals surface area contributed by atoms with Gasteiger partial charge in [-0.3, -0.25) is 4.79 Å². The van der Waals surface area contributed by atoms with Gasteiger partial charge >= 0.3 is 6.09 Å². The van der Waals surface area contributed by atoms with Gasteiger partial charge in [0.1, 0.15) is 11.6 Å². The number of alkyl carbamates (subject to hydrolysis) is 1. The lowest BCUT2D eigenvalue weighted by atomic mass is 10.2. The van der Waals surface area contributed by atoms with E-state index in [4.69, 9.17) is 4.74 Å². The third-order valence-corrected chi connectivity index (χ3v) is 2.94. The molecular formula is C16H25N3O3. The van der Waals surface area contributed by atoms with Crippen molar-refractivity contribution in [3.8, 4) is 0 Å². The Kier molecular flexibility index (Phi) is 5.79. The van der Waals surface area contributed by atoms with Crippen molar-refractivity contribution >= 4 is 12.0 Å². The monoisotopic (exact) mass is 307 g/mol. The Morgan fingerprint density at radius 3 is 2.64 bits per heavy atom. The molecule has 0 unspecified atom stereocenters. The molecule has 2 amide bonds. The molecule has 6 nitrogen and oxygen atoms in total. The van der Waals surface area contributed by atoms with Gasteiger partial charge in [-0.05, 0) is 39.8 Å². The molecule has 1 aliphatic rings. The summed E-state index contributed by atoms with van der Waals surface area (Å²) in [6.07, 6.45) is 4.73. The van der Waals surface area contributed by atoms with Crippen LogP contribution in [0.15, 0.2) is 36.2 Å². The minimum absolute atomic E-state index is 0.299. The van der Waals surface area contributed by atoms with Crippen LogP contribution in [0.2, 0.25) is 0 Å². The fourth-order valence-electron chi connectivity index (χ4n) is 2.04. The van der Waals surface area contributed by atoms with E-state index in [1.54, 1.807) is 26.8 Å². The molecular weight excluding hydrogens is 282 g/mol. The first-order valence-electron chi connectivity index (χ1n) is 7.19. The van der Waals surface area contributed by atoms with Gasteiger partial charge < -0.3 is 20.3 Å². The summed E-state index contributed by atoms with van der Waals surface area (Å²) >= 11 is 0. The molecule has 0 aromatic heterocycles. The minimum Gasteiger partial charge on any atom is -0.444 e. The van der Waals surface area contributed by atoms with Gasteiger partial charge in [0.15, 0.2) is 0 Å². The van der Waals surface area contributed by atoms with E-state index in [-0.39, 0.29) is 5.91 Å². The fourth-order valence-corrected chi connectivity index (χ4v) is 2.04. The Morgan fingerprint density at radius 1 is 1.50 bits per heavy atom. The van der Waals surface area contributed by atoms with Crippen LogP contribution >= 0.6 is 0 Å². The number of amides is 2. The van der Waals surface area contributed by atoms with Gasteiger partial charge in [0.05, 0.1) is 11.4 Å². The van der Waals surface area contributed by atoms with E-state index in [0.29, 0.717) is 12.2 Å². The number of hydrogen-bond acceptors (Lipinski definition) is 4. The largest absolute Gasteiger partial charge is 0.444 e. The van der Waals surface area contributed by atoms with E-state index >= 15 is 0 Å². The molecule has 0 radical (unpaired) electrons. The number of hydrogen-bond donors (Lipinski definition) is 2. The Hall–Kier alpha value is -2.24. The second kappa shape index (κ2) is 7.15. The molecule has 0 saturated heterocycles. The Bertz CT molecular complexity index is 515. The molecule has 122 valence electrons. The predicted octanol–water partition coefficient (Wildman–Crippen LogP) is 1.91. The molecule has 1 rings (SSSR count). The van der Waals surface area contributed by atoms with Crippen molar-refractivity contribution in [1.29, 1.82) is 0 Å². The van der Waals surface area contributed by atoms with Crippen LogP contribution < -0.4 is 10.6 Å². The second-order valence-corrected chi connectivity index (χ2v) is 6.07. The molecule has 0 aromatic carbocycles. The highest BCUT2D eigenvalue weighted by atomic mass is 16.6. The molecule has 0 aliphatic carbocycles. The maximum Gasteiger partial charge on any atom is 0.408 e. The van der Waals surface area contributed by atoms with Gasteiger partial charge in [0.25, 0.3) is 0 Å². The maximum atomic E-state index is 12.3. The van der Waals surface area contributed by atoms with Crippen LogP contribution in [-0.4, -0.2) is 42.1 Å². The topological polar surface area (TPSA) is 70.7 Å². The zero-order valence-electron chi connectivity index (χ0n) is 13.9. The normalized spacial score (nSPS) is 19.8. The first kappa shape index (κ1) is 17.8. The van der Waals surface area contributed by atoms with Gasteiger partial charge in [0.2, 0.25) is 5.91 Å². The lowest BCUT2D eigenvalue weighted by molar-refractivity contribution is -0.122. The van der Waals surface area contributed by atoms with E-state index in [1.807, 2.05) is 31.0 Å². The number of carbonyl (C=O) groups is 2. The van der Waals surface area contributed by atoms with Crippen molar-refractivity contribution in [3.63, 3.8) is 0 Å². The zero-order valence-corrected chi connectivity index (χ0v) is 13.9. The van der Waals surface area contributed by atoms with Gasteiger partial charge in [0, 0.05) is 13.6 Å². The van der Waals surface area contributed by atoms with Crippen LogP contribution in [0.3, 0.4) is 0 Å². The first-order chi connectivity index (χ1) is 10.2. The Labute approximate surface area is 131 Å². The number of likely N-dealkylation sites (N-methyl/N-ethyl adjacent to an activating group) is 1. The van der Waals surface area contributed by atoms with Crippen molar-refractivity contribution in [3.05, 3.63) is 36.2 Å². The molecule has 0 aromatic rings. The molecule has 2 N–H and O–H groups in total. The number of allylic oxidation sites excluding steroid dienone is 3. The third-order valence-electron chi connectivity index (χ3n) is 2.94. The van der Waals surface area contributed by atoms with Crippen molar-refractivity contribution in [2.24, 2.45) is 0 Å². The molecule has 0 saturated carbocycles. The molecule has 6 heteroatoms. The summed E-state index contributed by atoms with van der Waals surface area (Å²) in [6, 6.07) is -0.711. The summed E-state index contributed by atoms with van der Waals surface area (Å²) in [5, 5.41) is 5.37. The lowest BCUT2D eigenvalue weighted by Gasteiger charge is -2.25. The average molecular weight is 307 g/mol. The highest BCUT2D eigenvalue weighted by Crippen LogP contribution is 2.15. The maximum absolute atomic E-state index is 12.3. The SMILES string of the molecule is C=CC1=C(/C=C\C)N(C)C[C@H](NC(=O)OC(C)(C)C)C(=O)N1. The molecule has 0 fully saturated rings. The minimum atomic E-state index is -0.711. The lowest BCUT2D eigenvalue weighted by Crippen LogP contribution is -2.50. The molecule has 1 atom stereocenters. The summed E-state index contributed by atoms with van der Waals surface area (Å²) in [4.78, 5) is 26.0. The van der Waals surface area contributed by atoms with Crippen LogP contribution in [0, 0.1) is 0 Å². The van der Waals surface area contributed by atoms with Gasteiger partial charge in [-0.2, -0.15) is 0 Å². The van der Waals surface area contributed by atoms with E-state index in [1.165, 1.54) is 0 Å². The van der Waals surface area contributed by atoms with Crippen molar-refractivity contribution in [1.82, 2.24) is 15.5 Å². The highest BCUT2D eigenvalue weighted by molar-refractivity contribution is 5.88. The zero-order chi connectivity index (χ0) is 16.9. The molecule has 22 heavy (non-hydrogen) atoms. The predicted molar refractivity (Wildman–Crippen MR) is 86.0 cm³/mol. The number of rotatable bonds is 3. The Morgan fingerprint density at radius 2 is 2.14 bits per heavy atom. The van der Waals surface area contributed by atoms with Crippen molar-refractivity contribution in [2.75, 3.05) is 13.6 Å². The van der Waals surface area contributed by atoms with Crippen LogP contribution in [0.4, 0.5) is 4.79 Å². The standard InChI is InChI=1S/C16H25N3O3/c1-7-9-13-11(8-2)17-14(20)12(10-19(13)6)18-15(21)22-16(3,4)5/h7-9,12H,2,10H2,1,3-6H3,(H,17,20)(H,18,21)/b9-7-/t12-/m0/s1. The smallest absolute Gasteiger partial charge is 0.408 e. The average Bonchev–Trinajstić information content (AvgIpc) is 2.48. The Balaban J connectivity index is 2.89. The van der Waals surface area contributed by atoms with Crippen molar-refractivity contribution < 1.29 is 14.3 Å². The molecule has 1 heterocycles. The van der Waals surface area contributed by atoms with Gasteiger partial charge in [-0.1, -0.05) is 12.7 Å². The molecule has 1 aliphatic heterocycles. The van der Waals surface area contributed by atoms with E-state index in [0.717, 1.165) is 5.70 Å². The van der Waals surface area contributed by atoms with Crippen molar-refractivity contribution in [2.45, 2.75) is 39.3 Å².